The molecule has 1 amide bonds. The van der Waals surface area contributed by atoms with Crippen LogP contribution in [0.3, 0.4) is 0 Å². The molecule has 31 heavy (non-hydrogen) atoms. The van der Waals surface area contributed by atoms with Crippen molar-refractivity contribution in [1.29, 1.82) is 0 Å². The SMILES string of the molecule is Cc1nnc(-c2ccc(-c3ccc(N4C[C@H](COC(=O)CN)OC4=O)cc3F)cn2)o1. The molecular formula is C20H18FN5O5. The number of ether oxygens (including phenoxy) is 2. The van der Waals surface area contributed by atoms with Crippen LogP contribution in [0.1, 0.15) is 5.89 Å². The summed E-state index contributed by atoms with van der Waals surface area (Å²) in [5.41, 5.74) is 6.82. The van der Waals surface area contributed by atoms with Crippen LogP contribution in [0.15, 0.2) is 40.9 Å². The number of esters is 1. The number of hydrogen-bond donors (Lipinski definition) is 1. The Hall–Kier alpha value is -3.86. The van der Waals surface area contributed by atoms with E-state index in [9.17, 15) is 14.0 Å². The molecule has 0 saturated carbocycles. The Labute approximate surface area is 175 Å². The first-order valence-electron chi connectivity index (χ1n) is 9.35. The maximum Gasteiger partial charge on any atom is 0.414 e. The molecule has 2 aromatic heterocycles. The van der Waals surface area contributed by atoms with Crippen molar-refractivity contribution in [3.8, 4) is 22.7 Å². The van der Waals surface area contributed by atoms with E-state index in [1.54, 1.807) is 31.2 Å². The predicted octanol–water partition coefficient (Wildman–Crippen LogP) is 2.07. The first-order chi connectivity index (χ1) is 14.9. The highest BCUT2D eigenvalue weighted by molar-refractivity contribution is 5.90. The number of amides is 1. The zero-order chi connectivity index (χ0) is 22.0. The van der Waals surface area contributed by atoms with E-state index >= 15 is 0 Å². The van der Waals surface area contributed by atoms with Gasteiger partial charge in [0, 0.05) is 24.2 Å². The number of benzene rings is 1. The van der Waals surface area contributed by atoms with Gasteiger partial charge in [0.1, 0.15) is 18.1 Å². The number of halogens is 1. The molecule has 1 atom stereocenters. The third-order valence-corrected chi connectivity index (χ3v) is 4.55. The van der Waals surface area contributed by atoms with Gasteiger partial charge in [0.2, 0.25) is 5.89 Å². The van der Waals surface area contributed by atoms with Crippen LogP contribution in [0, 0.1) is 12.7 Å². The van der Waals surface area contributed by atoms with Gasteiger partial charge in [-0.05, 0) is 24.3 Å². The number of nitrogens with two attached hydrogens (primary N) is 1. The molecule has 1 aliphatic heterocycles. The Kier molecular flexibility index (Phi) is 5.58. The molecule has 0 radical (unpaired) electrons. The highest BCUT2D eigenvalue weighted by Gasteiger charge is 2.33. The Morgan fingerprint density at radius 2 is 2.16 bits per heavy atom. The molecular weight excluding hydrogens is 409 g/mol. The Morgan fingerprint density at radius 1 is 1.32 bits per heavy atom. The van der Waals surface area contributed by atoms with Crippen LogP contribution in [0.25, 0.3) is 22.7 Å². The van der Waals surface area contributed by atoms with Gasteiger partial charge < -0.3 is 19.6 Å². The van der Waals surface area contributed by atoms with Crippen molar-refractivity contribution >= 4 is 17.7 Å². The fourth-order valence-corrected chi connectivity index (χ4v) is 3.05. The number of hydrogen-bond acceptors (Lipinski definition) is 9. The summed E-state index contributed by atoms with van der Waals surface area (Å²) in [6.45, 7) is 1.42. The van der Waals surface area contributed by atoms with Crippen LogP contribution in [-0.2, 0) is 14.3 Å². The molecule has 1 aliphatic rings. The van der Waals surface area contributed by atoms with Crippen LogP contribution in [0.4, 0.5) is 14.9 Å². The second kappa shape index (κ2) is 8.48. The normalized spacial score (nSPS) is 15.8. The third-order valence-electron chi connectivity index (χ3n) is 4.55. The van der Waals surface area contributed by atoms with Crippen molar-refractivity contribution < 1.29 is 27.9 Å². The lowest BCUT2D eigenvalue weighted by molar-refractivity contribution is -0.144. The van der Waals surface area contributed by atoms with Crippen molar-refractivity contribution in [3.05, 3.63) is 48.2 Å². The fraction of sp³-hybridized carbons (Fsp3) is 0.250. The third kappa shape index (κ3) is 4.36. The molecule has 0 spiro atoms. The Bertz CT molecular complexity index is 1120. The number of cyclic esters (lactones) is 1. The van der Waals surface area contributed by atoms with Gasteiger partial charge >= 0.3 is 12.1 Å². The average molecular weight is 427 g/mol. The Morgan fingerprint density at radius 3 is 2.81 bits per heavy atom. The zero-order valence-corrected chi connectivity index (χ0v) is 16.4. The second-order valence-corrected chi connectivity index (χ2v) is 6.73. The van der Waals surface area contributed by atoms with Crippen molar-refractivity contribution in [2.24, 2.45) is 5.73 Å². The van der Waals surface area contributed by atoms with Gasteiger partial charge in [0.15, 0.2) is 6.10 Å². The van der Waals surface area contributed by atoms with Crippen LogP contribution < -0.4 is 10.6 Å². The number of aromatic nitrogens is 3. The summed E-state index contributed by atoms with van der Waals surface area (Å²) >= 11 is 0. The topological polar surface area (TPSA) is 134 Å². The highest BCUT2D eigenvalue weighted by atomic mass is 19.1. The van der Waals surface area contributed by atoms with Gasteiger partial charge in [-0.2, -0.15) is 0 Å². The average Bonchev–Trinajstić information content (AvgIpc) is 3.37. The predicted molar refractivity (Wildman–Crippen MR) is 105 cm³/mol. The summed E-state index contributed by atoms with van der Waals surface area (Å²) in [4.78, 5) is 28.8. The van der Waals surface area contributed by atoms with E-state index in [1.165, 1.54) is 17.2 Å². The lowest BCUT2D eigenvalue weighted by atomic mass is 10.1. The summed E-state index contributed by atoms with van der Waals surface area (Å²) in [7, 11) is 0. The van der Waals surface area contributed by atoms with Gasteiger partial charge in [-0.25, -0.2) is 9.18 Å². The van der Waals surface area contributed by atoms with E-state index in [1.807, 2.05) is 0 Å². The van der Waals surface area contributed by atoms with Crippen LogP contribution in [-0.4, -0.2) is 53.0 Å². The molecule has 0 unspecified atom stereocenters. The van der Waals surface area contributed by atoms with E-state index in [0.29, 0.717) is 28.4 Å². The van der Waals surface area contributed by atoms with E-state index in [2.05, 4.69) is 15.2 Å². The van der Waals surface area contributed by atoms with Crippen LogP contribution in [0.5, 0.6) is 0 Å². The largest absolute Gasteiger partial charge is 0.461 e. The van der Waals surface area contributed by atoms with Crippen molar-refractivity contribution in [2.45, 2.75) is 13.0 Å². The smallest absolute Gasteiger partial charge is 0.414 e. The molecule has 10 nitrogen and oxygen atoms in total. The summed E-state index contributed by atoms with van der Waals surface area (Å²) in [6.07, 6.45) is 0.191. The summed E-state index contributed by atoms with van der Waals surface area (Å²) in [6, 6.07) is 7.73. The number of aryl methyl sites for hydroxylation is 1. The maximum absolute atomic E-state index is 14.8. The lowest BCUT2D eigenvalue weighted by Crippen LogP contribution is -2.28. The van der Waals surface area contributed by atoms with Gasteiger partial charge in [0.25, 0.3) is 5.89 Å². The molecule has 0 aliphatic carbocycles. The first kappa shape index (κ1) is 20.4. The molecule has 160 valence electrons. The molecule has 2 N–H and O–H groups in total. The quantitative estimate of drug-likeness (QED) is 0.587. The lowest BCUT2D eigenvalue weighted by Gasteiger charge is -2.14. The number of carbonyl (C=O) groups excluding carboxylic acids is 2. The number of pyridine rings is 1. The highest BCUT2D eigenvalue weighted by Crippen LogP contribution is 2.29. The Balaban J connectivity index is 1.48. The number of carbonyl (C=O) groups is 2. The molecule has 4 rings (SSSR count). The molecule has 1 saturated heterocycles. The van der Waals surface area contributed by atoms with Crippen molar-refractivity contribution in [2.75, 3.05) is 24.6 Å². The second-order valence-electron chi connectivity index (χ2n) is 6.73. The van der Waals surface area contributed by atoms with Crippen LogP contribution >= 0.6 is 0 Å². The number of nitrogens with zero attached hydrogens (tertiary/aromatic N) is 4. The number of rotatable bonds is 6. The first-order valence-corrected chi connectivity index (χ1v) is 9.35. The number of anilines is 1. The molecule has 3 aromatic rings. The fourth-order valence-electron chi connectivity index (χ4n) is 3.05. The molecule has 3 heterocycles. The van der Waals surface area contributed by atoms with Crippen molar-refractivity contribution in [1.82, 2.24) is 15.2 Å². The van der Waals surface area contributed by atoms with Crippen molar-refractivity contribution in [3.63, 3.8) is 0 Å². The molecule has 1 aromatic carbocycles. The standard InChI is InChI=1S/C20H18FN5O5/c1-11-24-25-19(30-11)17-5-2-12(8-23-17)15-4-3-13(6-16(15)21)26-9-14(31-20(26)28)10-29-18(27)7-22/h2-6,8,14H,7,9-10,22H2,1H3/t14-/m1/s1. The van der Waals surface area contributed by atoms with E-state index in [-0.39, 0.29) is 25.6 Å². The summed E-state index contributed by atoms with van der Waals surface area (Å²) < 4.78 is 30.2. The van der Waals surface area contributed by atoms with Gasteiger partial charge in [-0.15, -0.1) is 10.2 Å². The van der Waals surface area contributed by atoms with Gasteiger partial charge in [-0.3, -0.25) is 14.7 Å². The minimum absolute atomic E-state index is 0.115. The van der Waals surface area contributed by atoms with E-state index < -0.39 is 24.0 Å². The van der Waals surface area contributed by atoms with Crippen LogP contribution in [0.2, 0.25) is 0 Å². The minimum atomic E-state index is -0.657. The molecule has 1 fully saturated rings. The van der Waals surface area contributed by atoms with Gasteiger partial charge in [-0.1, -0.05) is 6.07 Å². The maximum atomic E-state index is 14.8. The van der Waals surface area contributed by atoms with E-state index in [0.717, 1.165) is 0 Å². The summed E-state index contributed by atoms with van der Waals surface area (Å²) in [5, 5.41) is 7.65. The molecule has 11 heteroatoms. The zero-order valence-electron chi connectivity index (χ0n) is 16.4. The molecule has 0 bridgehead atoms. The summed E-state index contributed by atoms with van der Waals surface area (Å²) in [5.74, 6) is -0.438. The minimum Gasteiger partial charge on any atom is -0.461 e. The van der Waals surface area contributed by atoms with E-state index in [4.69, 9.17) is 19.6 Å². The van der Waals surface area contributed by atoms with Gasteiger partial charge in [0.05, 0.1) is 18.8 Å². The monoisotopic (exact) mass is 427 g/mol.